The van der Waals surface area contributed by atoms with Gasteiger partial charge in [-0.1, -0.05) is 6.92 Å². The van der Waals surface area contributed by atoms with E-state index in [1.54, 1.807) is 13.8 Å². The van der Waals surface area contributed by atoms with Crippen LogP contribution < -0.4 is 0 Å². The third kappa shape index (κ3) is 5.94. The van der Waals surface area contributed by atoms with Crippen LogP contribution in [0.1, 0.15) is 13.8 Å². The number of carbonyl (C=O) groups excluding carboxylic acids is 4. The molecule has 0 spiro atoms. The molecule has 0 N–H and O–H groups in total. The maximum absolute atomic E-state index is 10.6. The first-order valence-electron chi connectivity index (χ1n) is 5.21. The molecule has 0 aromatic heterocycles. The molecule has 0 fully saturated rings. The first kappa shape index (κ1) is 17.7. The van der Waals surface area contributed by atoms with E-state index in [1.807, 2.05) is 0 Å². The number of ketones is 4. The van der Waals surface area contributed by atoms with Gasteiger partial charge in [0.2, 0.25) is 0 Å². The van der Waals surface area contributed by atoms with Crippen LogP contribution in [0.2, 0.25) is 0 Å². The van der Waals surface area contributed by atoms with Crippen LogP contribution in [0.5, 0.6) is 0 Å². The maximum atomic E-state index is 10.6. The molecule has 19 heavy (non-hydrogen) atoms. The van der Waals surface area contributed by atoms with Gasteiger partial charge in [-0.05, 0) is 25.2 Å². The third-order valence-electron chi connectivity index (χ3n) is 2.23. The van der Waals surface area contributed by atoms with Gasteiger partial charge >= 0.3 is 0 Å². The predicted octanol–water partition coefficient (Wildman–Crippen LogP) is 1.08. The van der Waals surface area contributed by atoms with Gasteiger partial charge in [-0.15, -0.1) is 23.8 Å². The van der Waals surface area contributed by atoms with Crippen molar-refractivity contribution in [1.29, 1.82) is 0 Å². The molecule has 0 saturated heterocycles. The van der Waals surface area contributed by atoms with Gasteiger partial charge in [-0.25, -0.2) is 0 Å². The summed E-state index contributed by atoms with van der Waals surface area (Å²) in [5, 5.41) is 0. The van der Waals surface area contributed by atoms with Crippen molar-refractivity contribution in [3.8, 4) is 0 Å². The van der Waals surface area contributed by atoms with E-state index in [1.165, 1.54) is 24.3 Å². The minimum absolute atomic E-state index is 0. The standard InChI is InChI=1S/C7H6O2.C7H5O2.Y/c2*1-5-4-6(8)2-3-7(5)9;/h2-4H,1H3;3-4H,1H3;/q;-1;. The Kier molecular flexibility index (Phi) is 7.49. The summed E-state index contributed by atoms with van der Waals surface area (Å²) in [6, 6.07) is 0. The molecular formula is C14H11O4Y-. The molecule has 0 saturated carbocycles. The molecule has 2 rings (SSSR count). The topological polar surface area (TPSA) is 68.3 Å². The van der Waals surface area contributed by atoms with Crippen LogP contribution in [0.3, 0.4) is 0 Å². The van der Waals surface area contributed by atoms with Gasteiger partial charge in [0.15, 0.2) is 11.6 Å². The van der Waals surface area contributed by atoms with Gasteiger partial charge in [0.25, 0.3) is 0 Å². The number of allylic oxidation sites excluding steroid dienone is 8. The van der Waals surface area contributed by atoms with Crippen LogP contribution in [-0.2, 0) is 51.9 Å². The zero-order valence-electron chi connectivity index (χ0n) is 10.6. The summed E-state index contributed by atoms with van der Waals surface area (Å²) < 4.78 is 0. The average Bonchev–Trinajstić information content (AvgIpc) is 2.30. The summed E-state index contributed by atoms with van der Waals surface area (Å²) in [7, 11) is 0. The number of rotatable bonds is 0. The first-order chi connectivity index (χ1) is 8.40. The normalized spacial score (nSPS) is 17.2. The predicted molar refractivity (Wildman–Crippen MR) is 64.5 cm³/mol. The van der Waals surface area contributed by atoms with Crippen LogP contribution in [-0.4, -0.2) is 23.1 Å². The molecule has 0 amide bonds. The molecule has 2 aliphatic rings. The molecular weight excluding hydrogens is 321 g/mol. The van der Waals surface area contributed by atoms with Gasteiger partial charge in [0.05, 0.1) is 11.6 Å². The molecule has 0 aromatic carbocycles. The Morgan fingerprint density at radius 2 is 1.42 bits per heavy atom. The first-order valence-corrected chi connectivity index (χ1v) is 5.21. The van der Waals surface area contributed by atoms with E-state index in [9.17, 15) is 19.2 Å². The van der Waals surface area contributed by atoms with E-state index in [4.69, 9.17) is 0 Å². The van der Waals surface area contributed by atoms with Crippen LogP contribution >= 0.6 is 0 Å². The molecule has 95 valence electrons. The summed E-state index contributed by atoms with van der Waals surface area (Å²) in [5.74, 6) is -0.539. The van der Waals surface area contributed by atoms with Gasteiger partial charge in [-0.2, -0.15) is 0 Å². The number of hydrogen-bond acceptors (Lipinski definition) is 4. The molecule has 0 bridgehead atoms. The monoisotopic (exact) mass is 332 g/mol. The van der Waals surface area contributed by atoms with Crippen molar-refractivity contribution in [3.05, 3.63) is 47.6 Å². The fourth-order valence-corrected chi connectivity index (χ4v) is 1.18. The van der Waals surface area contributed by atoms with E-state index >= 15 is 0 Å². The molecule has 0 unspecified atom stereocenters. The second kappa shape index (κ2) is 8.02. The van der Waals surface area contributed by atoms with Gasteiger partial charge in [0.1, 0.15) is 0 Å². The van der Waals surface area contributed by atoms with E-state index < -0.39 is 0 Å². The van der Waals surface area contributed by atoms with Gasteiger partial charge < -0.3 is 9.59 Å². The van der Waals surface area contributed by atoms with Crippen molar-refractivity contribution < 1.29 is 51.9 Å². The summed E-state index contributed by atoms with van der Waals surface area (Å²) in [6.45, 7) is 3.24. The Bertz CT molecular complexity index is 498. The minimum atomic E-state index is -0.230. The van der Waals surface area contributed by atoms with Crippen LogP contribution in [0.4, 0.5) is 0 Å². The molecule has 0 heterocycles. The quantitative estimate of drug-likeness (QED) is 0.492. The van der Waals surface area contributed by atoms with Crippen molar-refractivity contribution in [2.75, 3.05) is 0 Å². The van der Waals surface area contributed by atoms with Crippen molar-refractivity contribution in [3.63, 3.8) is 0 Å². The van der Waals surface area contributed by atoms with E-state index in [2.05, 4.69) is 6.08 Å². The summed E-state index contributed by atoms with van der Waals surface area (Å²) in [4.78, 5) is 42.2. The Morgan fingerprint density at radius 1 is 0.842 bits per heavy atom. The Hall–Kier alpha value is -1.26. The van der Waals surface area contributed by atoms with Crippen molar-refractivity contribution in [2.45, 2.75) is 13.8 Å². The van der Waals surface area contributed by atoms with E-state index in [0.29, 0.717) is 11.1 Å². The maximum Gasteiger partial charge on any atom is 0.181 e. The van der Waals surface area contributed by atoms with E-state index in [0.717, 1.165) is 6.08 Å². The largest absolute Gasteiger partial charge is 0.366 e. The smallest absolute Gasteiger partial charge is 0.181 e. The SMILES string of the molecule is CC1=CC(=O)C=CC1=O.CC1=CC(=O)[C-]=CC1=O.[Y]. The summed E-state index contributed by atoms with van der Waals surface area (Å²) >= 11 is 0. The van der Waals surface area contributed by atoms with E-state index in [-0.39, 0.29) is 55.8 Å². The fraction of sp³-hybridized carbons (Fsp3) is 0.143. The molecule has 1 radical (unpaired) electrons. The fourth-order valence-electron chi connectivity index (χ4n) is 1.18. The molecule has 0 aliphatic heterocycles. The Labute approximate surface area is 136 Å². The van der Waals surface area contributed by atoms with Crippen molar-refractivity contribution >= 4 is 23.1 Å². The van der Waals surface area contributed by atoms with Crippen molar-refractivity contribution in [2.24, 2.45) is 0 Å². The van der Waals surface area contributed by atoms with Crippen LogP contribution in [0.15, 0.2) is 41.5 Å². The Balaban J connectivity index is 0.000000324. The molecule has 4 nitrogen and oxygen atoms in total. The second-order valence-electron chi connectivity index (χ2n) is 3.77. The molecule has 5 heteroatoms. The van der Waals surface area contributed by atoms with Gasteiger partial charge in [0, 0.05) is 38.3 Å². The molecule has 0 aromatic rings. The number of carbonyl (C=O) groups is 4. The summed E-state index contributed by atoms with van der Waals surface area (Å²) in [5.41, 5.74) is 1.00. The average molecular weight is 332 g/mol. The van der Waals surface area contributed by atoms with Crippen LogP contribution in [0, 0.1) is 6.08 Å². The molecule has 0 atom stereocenters. The summed E-state index contributed by atoms with van der Waals surface area (Å²) in [6.07, 6.45) is 8.61. The molecule has 2 aliphatic carbocycles. The zero-order valence-corrected chi connectivity index (χ0v) is 13.4. The minimum Gasteiger partial charge on any atom is -0.366 e. The third-order valence-corrected chi connectivity index (χ3v) is 2.23. The second-order valence-corrected chi connectivity index (χ2v) is 3.77. The van der Waals surface area contributed by atoms with Gasteiger partial charge in [-0.3, -0.25) is 9.59 Å². The van der Waals surface area contributed by atoms with Crippen LogP contribution in [0.25, 0.3) is 0 Å². The Morgan fingerprint density at radius 3 is 1.84 bits per heavy atom. The number of hydrogen-bond donors (Lipinski definition) is 0. The van der Waals surface area contributed by atoms with Crippen molar-refractivity contribution in [1.82, 2.24) is 0 Å². The zero-order chi connectivity index (χ0) is 13.7.